The van der Waals surface area contributed by atoms with Crippen LogP contribution < -0.4 is 14.8 Å². The van der Waals surface area contributed by atoms with Crippen molar-refractivity contribution >= 4 is 17.2 Å². The van der Waals surface area contributed by atoms with Gasteiger partial charge in [0.05, 0.1) is 26.8 Å². The molecule has 5 nitrogen and oxygen atoms in total. The number of rotatable bonds is 9. The van der Waals surface area contributed by atoms with E-state index in [1.807, 2.05) is 32.0 Å². The Bertz CT molecular complexity index is 716. The predicted octanol–water partition coefficient (Wildman–Crippen LogP) is 3.77. The van der Waals surface area contributed by atoms with E-state index in [1.165, 1.54) is 4.88 Å². The average Bonchev–Trinajstić information content (AvgIpc) is 3.13. The van der Waals surface area contributed by atoms with Crippen LogP contribution in [0.1, 0.15) is 35.9 Å². The van der Waals surface area contributed by atoms with Gasteiger partial charge in [0.2, 0.25) is 5.91 Å². The lowest BCUT2D eigenvalue weighted by Crippen LogP contribution is -2.38. The van der Waals surface area contributed by atoms with E-state index < -0.39 is 0 Å². The van der Waals surface area contributed by atoms with Crippen molar-refractivity contribution in [1.82, 2.24) is 10.2 Å². The van der Waals surface area contributed by atoms with Crippen molar-refractivity contribution in [2.75, 3.05) is 27.3 Å². The minimum absolute atomic E-state index is 0.0186. The van der Waals surface area contributed by atoms with Crippen molar-refractivity contribution < 1.29 is 14.3 Å². The molecular weight excluding hydrogens is 348 g/mol. The molecule has 0 radical (unpaired) electrons. The van der Waals surface area contributed by atoms with Crippen LogP contribution in [0.4, 0.5) is 0 Å². The topological polar surface area (TPSA) is 50.8 Å². The summed E-state index contributed by atoms with van der Waals surface area (Å²) in [6, 6.07) is 7.90. The number of nitrogens with one attached hydrogen (secondary N) is 1. The van der Waals surface area contributed by atoms with Crippen molar-refractivity contribution in [3.63, 3.8) is 0 Å². The second-order valence-corrected chi connectivity index (χ2v) is 7.27. The second-order valence-electron chi connectivity index (χ2n) is 6.24. The van der Waals surface area contributed by atoms with E-state index >= 15 is 0 Å². The zero-order chi connectivity index (χ0) is 19.1. The number of amides is 1. The number of hydrogen-bond acceptors (Lipinski definition) is 5. The van der Waals surface area contributed by atoms with Crippen LogP contribution in [0.25, 0.3) is 0 Å². The highest BCUT2D eigenvalue weighted by Gasteiger charge is 2.17. The van der Waals surface area contributed by atoms with Gasteiger partial charge in [0.1, 0.15) is 0 Å². The van der Waals surface area contributed by atoms with Gasteiger partial charge in [-0.05, 0) is 55.1 Å². The molecule has 6 heteroatoms. The molecule has 1 heterocycles. The SMILES string of the molecule is CCN(CC(=O)NC(C)c1cc(OC)c(OC)cc1C)Cc1cccs1. The number of carbonyl (C=O) groups excluding carboxylic acids is 1. The van der Waals surface area contributed by atoms with Gasteiger partial charge in [0.25, 0.3) is 0 Å². The number of methoxy groups -OCH3 is 2. The fourth-order valence-electron chi connectivity index (χ4n) is 2.93. The smallest absolute Gasteiger partial charge is 0.234 e. The fourth-order valence-corrected chi connectivity index (χ4v) is 3.68. The molecule has 1 aromatic heterocycles. The van der Waals surface area contributed by atoms with Gasteiger partial charge >= 0.3 is 0 Å². The molecule has 0 aliphatic carbocycles. The summed E-state index contributed by atoms with van der Waals surface area (Å²) in [6.45, 7) is 8.07. The number of aryl methyl sites for hydroxylation is 1. The summed E-state index contributed by atoms with van der Waals surface area (Å²) in [5, 5.41) is 5.16. The molecule has 1 amide bonds. The predicted molar refractivity (Wildman–Crippen MR) is 106 cm³/mol. The molecule has 26 heavy (non-hydrogen) atoms. The van der Waals surface area contributed by atoms with Gasteiger partial charge in [-0.25, -0.2) is 0 Å². The highest BCUT2D eigenvalue weighted by Crippen LogP contribution is 2.32. The molecule has 0 bridgehead atoms. The summed E-state index contributed by atoms with van der Waals surface area (Å²) in [4.78, 5) is 15.9. The van der Waals surface area contributed by atoms with Gasteiger partial charge in [0.15, 0.2) is 11.5 Å². The molecule has 0 spiro atoms. The summed E-state index contributed by atoms with van der Waals surface area (Å²) in [5.41, 5.74) is 2.08. The highest BCUT2D eigenvalue weighted by atomic mass is 32.1. The Balaban J connectivity index is 2.01. The molecule has 0 saturated heterocycles. The first-order valence-corrected chi connectivity index (χ1v) is 9.63. The largest absolute Gasteiger partial charge is 0.493 e. The number of nitrogens with zero attached hydrogens (tertiary/aromatic N) is 1. The third-order valence-corrected chi connectivity index (χ3v) is 5.25. The first kappa shape index (κ1) is 20.3. The molecular formula is C20H28N2O3S. The van der Waals surface area contributed by atoms with Crippen LogP contribution in [0.2, 0.25) is 0 Å². The van der Waals surface area contributed by atoms with E-state index in [9.17, 15) is 4.79 Å². The average molecular weight is 377 g/mol. The summed E-state index contributed by atoms with van der Waals surface area (Å²) in [6.07, 6.45) is 0. The normalized spacial score (nSPS) is 12.1. The third kappa shape index (κ3) is 5.22. The monoisotopic (exact) mass is 376 g/mol. The van der Waals surface area contributed by atoms with Gasteiger partial charge in [-0.3, -0.25) is 9.69 Å². The van der Waals surface area contributed by atoms with E-state index in [1.54, 1.807) is 25.6 Å². The molecule has 1 aromatic carbocycles. The molecule has 142 valence electrons. The van der Waals surface area contributed by atoms with Crippen LogP contribution in [0.3, 0.4) is 0 Å². The lowest BCUT2D eigenvalue weighted by atomic mass is 10.0. The quantitative estimate of drug-likeness (QED) is 0.724. The minimum Gasteiger partial charge on any atom is -0.493 e. The Morgan fingerprint density at radius 3 is 2.54 bits per heavy atom. The lowest BCUT2D eigenvalue weighted by molar-refractivity contribution is -0.123. The number of carbonyl (C=O) groups is 1. The number of benzene rings is 1. The van der Waals surface area contributed by atoms with Gasteiger partial charge in [-0.1, -0.05) is 13.0 Å². The first-order valence-electron chi connectivity index (χ1n) is 8.75. The van der Waals surface area contributed by atoms with Crippen molar-refractivity contribution in [3.05, 3.63) is 45.6 Å². The molecule has 0 fully saturated rings. The Kier molecular flexibility index (Phi) is 7.48. The van der Waals surface area contributed by atoms with E-state index in [0.717, 1.165) is 24.2 Å². The number of ether oxygens (including phenoxy) is 2. The fraction of sp³-hybridized carbons (Fsp3) is 0.450. The van der Waals surface area contributed by atoms with Gasteiger partial charge < -0.3 is 14.8 Å². The van der Waals surface area contributed by atoms with Crippen molar-refractivity contribution in [2.45, 2.75) is 33.4 Å². The summed E-state index contributed by atoms with van der Waals surface area (Å²) in [7, 11) is 3.24. The molecule has 0 aliphatic heterocycles. The van der Waals surface area contributed by atoms with Crippen LogP contribution in [0.15, 0.2) is 29.6 Å². The molecule has 1 N–H and O–H groups in total. The highest BCUT2D eigenvalue weighted by molar-refractivity contribution is 7.09. The van der Waals surface area contributed by atoms with Crippen LogP contribution >= 0.6 is 11.3 Å². The number of thiophene rings is 1. The molecule has 1 unspecified atom stereocenters. The molecule has 2 aromatic rings. The Hall–Kier alpha value is -2.05. The van der Waals surface area contributed by atoms with Crippen LogP contribution in [0.5, 0.6) is 11.5 Å². The maximum absolute atomic E-state index is 12.5. The van der Waals surface area contributed by atoms with E-state index in [4.69, 9.17) is 9.47 Å². The first-order chi connectivity index (χ1) is 12.5. The number of hydrogen-bond donors (Lipinski definition) is 1. The molecule has 2 rings (SSSR count). The zero-order valence-corrected chi connectivity index (χ0v) is 17.0. The van der Waals surface area contributed by atoms with Gasteiger partial charge in [-0.2, -0.15) is 0 Å². The molecule has 0 aliphatic rings. The van der Waals surface area contributed by atoms with Crippen LogP contribution in [-0.4, -0.2) is 38.1 Å². The van der Waals surface area contributed by atoms with Crippen molar-refractivity contribution in [3.8, 4) is 11.5 Å². The maximum Gasteiger partial charge on any atom is 0.234 e. The Labute approximate surface area is 159 Å². The Morgan fingerprint density at radius 1 is 1.27 bits per heavy atom. The molecule has 1 atom stereocenters. The zero-order valence-electron chi connectivity index (χ0n) is 16.2. The van der Waals surface area contributed by atoms with Crippen molar-refractivity contribution in [2.24, 2.45) is 0 Å². The Morgan fingerprint density at radius 2 is 1.96 bits per heavy atom. The minimum atomic E-state index is -0.109. The second kappa shape index (κ2) is 9.59. The maximum atomic E-state index is 12.5. The van der Waals surface area contributed by atoms with E-state index in [2.05, 4.69) is 28.6 Å². The van der Waals surface area contributed by atoms with Crippen LogP contribution in [-0.2, 0) is 11.3 Å². The number of likely N-dealkylation sites (N-methyl/N-ethyl adjacent to an activating group) is 1. The van der Waals surface area contributed by atoms with E-state index in [-0.39, 0.29) is 11.9 Å². The van der Waals surface area contributed by atoms with Gasteiger partial charge in [-0.15, -0.1) is 11.3 Å². The van der Waals surface area contributed by atoms with E-state index in [0.29, 0.717) is 18.0 Å². The standard InChI is InChI=1S/C20H28N2O3S/c1-6-22(12-16-8-7-9-26-16)13-20(23)21-15(3)17-11-19(25-5)18(24-4)10-14(17)2/h7-11,15H,6,12-13H2,1-5H3,(H,21,23). The summed E-state index contributed by atoms with van der Waals surface area (Å²) >= 11 is 1.71. The summed E-state index contributed by atoms with van der Waals surface area (Å²) in [5.74, 6) is 1.38. The van der Waals surface area contributed by atoms with Crippen molar-refractivity contribution in [1.29, 1.82) is 0 Å². The van der Waals surface area contributed by atoms with Gasteiger partial charge in [0, 0.05) is 11.4 Å². The third-order valence-electron chi connectivity index (χ3n) is 4.39. The molecule has 0 saturated carbocycles. The lowest BCUT2D eigenvalue weighted by Gasteiger charge is -2.22. The summed E-state index contributed by atoms with van der Waals surface area (Å²) < 4.78 is 10.7. The van der Waals surface area contributed by atoms with Crippen LogP contribution in [0, 0.1) is 6.92 Å².